The number of carbonyl (C=O) groups is 1. The van der Waals surface area contributed by atoms with Gasteiger partial charge in [-0.15, -0.1) is 0 Å². The van der Waals surface area contributed by atoms with Crippen molar-refractivity contribution in [3.05, 3.63) is 76.6 Å². The molecule has 1 aliphatic rings. The van der Waals surface area contributed by atoms with Crippen LogP contribution in [0.3, 0.4) is 0 Å². The molecule has 0 spiro atoms. The van der Waals surface area contributed by atoms with Crippen molar-refractivity contribution in [3.8, 4) is 5.75 Å². The number of nitrogens with zero attached hydrogens (tertiary/aromatic N) is 3. The summed E-state index contributed by atoms with van der Waals surface area (Å²) in [7, 11) is 0. The van der Waals surface area contributed by atoms with Crippen LogP contribution in [-0.4, -0.2) is 39.9 Å². The molecule has 28 heavy (non-hydrogen) atoms. The Kier molecular flexibility index (Phi) is 5.06. The topological polar surface area (TPSA) is 63.9 Å². The van der Waals surface area contributed by atoms with Crippen LogP contribution in [0.25, 0.3) is 5.65 Å². The van der Waals surface area contributed by atoms with Crippen LogP contribution in [0.15, 0.2) is 59.7 Å². The molecule has 0 radical (unpaired) electrons. The molecule has 1 aromatic carbocycles. The first-order valence-electron chi connectivity index (χ1n) is 9.26. The number of likely N-dealkylation sites (tertiary alicyclic amines) is 1. The molecule has 0 saturated carbocycles. The number of piperidine rings is 1. The fourth-order valence-corrected chi connectivity index (χ4v) is 3.47. The third-order valence-electron chi connectivity index (χ3n) is 4.95. The van der Waals surface area contributed by atoms with Crippen LogP contribution in [0.1, 0.15) is 23.2 Å². The van der Waals surface area contributed by atoms with E-state index in [-0.39, 0.29) is 28.8 Å². The highest BCUT2D eigenvalue weighted by Crippen LogP contribution is 2.20. The Balaban J connectivity index is 1.45. The van der Waals surface area contributed by atoms with E-state index in [1.165, 1.54) is 22.7 Å². The Labute approximate surface area is 161 Å². The molecule has 0 unspecified atom stereocenters. The quantitative estimate of drug-likeness (QED) is 0.697. The molecule has 0 bridgehead atoms. The highest BCUT2D eigenvalue weighted by atomic mass is 19.1. The predicted octanol–water partition coefficient (Wildman–Crippen LogP) is 2.76. The fraction of sp³-hybridized carbons (Fsp3) is 0.286. The number of rotatable bonds is 4. The van der Waals surface area contributed by atoms with Gasteiger partial charge in [-0.05, 0) is 49.2 Å². The van der Waals surface area contributed by atoms with E-state index in [9.17, 15) is 14.0 Å². The van der Waals surface area contributed by atoms with Crippen molar-refractivity contribution in [1.29, 1.82) is 0 Å². The number of halogens is 1. The van der Waals surface area contributed by atoms with Gasteiger partial charge in [0.25, 0.3) is 11.5 Å². The van der Waals surface area contributed by atoms with Gasteiger partial charge < -0.3 is 9.64 Å². The van der Waals surface area contributed by atoms with Crippen LogP contribution in [0.5, 0.6) is 5.75 Å². The Morgan fingerprint density at radius 2 is 2.04 bits per heavy atom. The highest BCUT2D eigenvalue weighted by molar-refractivity contribution is 5.93. The second-order valence-electron chi connectivity index (χ2n) is 6.93. The molecule has 144 valence electrons. The maximum Gasteiger partial charge on any atom is 0.270 e. The molecule has 1 saturated heterocycles. The zero-order valence-corrected chi connectivity index (χ0v) is 15.3. The molecule has 0 aliphatic carbocycles. The number of hydrogen-bond donors (Lipinski definition) is 0. The van der Waals surface area contributed by atoms with Crippen LogP contribution < -0.4 is 10.3 Å². The molecule has 0 N–H and O–H groups in total. The average Bonchev–Trinajstić information content (AvgIpc) is 2.74. The van der Waals surface area contributed by atoms with Gasteiger partial charge in [0.15, 0.2) is 0 Å². The summed E-state index contributed by atoms with van der Waals surface area (Å²) < 4.78 is 20.1. The van der Waals surface area contributed by atoms with Crippen molar-refractivity contribution in [1.82, 2.24) is 14.3 Å². The van der Waals surface area contributed by atoms with E-state index in [2.05, 4.69) is 4.98 Å². The number of fused-ring (bicyclic) bond motifs is 1. The van der Waals surface area contributed by atoms with Gasteiger partial charge in [0, 0.05) is 31.4 Å². The minimum Gasteiger partial charge on any atom is -0.493 e. The van der Waals surface area contributed by atoms with Crippen molar-refractivity contribution in [2.24, 2.45) is 5.92 Å². The van der Waals surface area contributed by atoms with Gasteiger partial charge in [0.05, 0.1) is 6.61 Å². The van der Waals surface area contributed by atoms with Gasteiger partial charge in [-0.25, -0.2) is 9.37 Å². The summed E-state index contributed by atoms with van der Waals surface area (Å²) in [5, 5.41) is 0. The molecule has 7 heteroatoms. The first-order chi connectivity index (χ1) is 13.6. The van der Waals surface area contributed by atoms with Crippen LogP contribution in [0, 0.1) is 11.7 Å². The molecule has 1 atom stereocenters. The van der Waals surface area contributed by atoms with E-state index in [1.54, 1.807) is 41.4 Å². The zero-order valence-electron chi connectivity index (χ0n) is 15.3. The molecule has 2 aromatic heterocycles. The summed E-state index contributed by atoms with van der Waals surface area (Å²) in [4.78, 5) is 31.5. The van der Waals surface area contributed by atoms with E-state index < -0.39 is 0 Å². The van der Waals surface area contributed by atoms with Crippen LogP contribution in [0.2, 0.25) is 0 Å². The lowest BCUT2D eigenvalue weighted by Crippen LogP contribution is -2.43. The molecule has 3 aromatic rings. The van der Waals surface area contributed by atoms with Gasteiger partial charge in [-0.3, -0.25) is 14.0 Å². The minimum atomic E-state index is -0.361. The van der Waals surface area contributed by atoms with Crippen molar-refractivity contribution in [2.75, 3.05) is 19.7 Å². The zero-order chi connectivity index (χ0) is 19.5. The van der Waals surface area contributed by atoms with E-state index >= 15 is 0 Å². The molecule has 4 rings (SSSR count). The van der Waals surface area contributed by atoms with Gasteiger partial charge in [0.1, 0.15) is 22.8 Å². The molecular formula is C21H20FN3O3. The predicted molar refractivity (Wildman–Crippen MR) is 102 cm³/mol. The SMILES string of the molecule is O=C(c1cnc2ccccn2c1=O)N1CCC[C@H](COc2ccc(F)cc2)C1. The van der Waals surface area contributed by atoms with E-state index in [0.717, 1.165) is 12.8 Å². The maximum atomic E-state index is 13.0. The fourth-order valence-electron chi connectivity index (χ4n) is 3.47. The Morgan fingerprint density at radius 1 is 1.21 bits per heavy atom. The van der Waals surface area contributed by atoms with E-state index in [0.29, 0.717) is 31.1 Å². The largest absolute Gasteiger partial charge is 0.493 e. The summed E-state index contributed by atoms with van der Waals surface area (Å²) in [6, 6.07) is 11.1. The Bertz CT molecular complexity index is 1050. The summed E-state index contributed by atoms with van der Waals surface area (Å²) in [5.41, 5.74) is 0.220. The number of benzene rings is 1. The number of carbonyl (C=O) groups excluding carboxylic acids is 1. The van der Waals surface area contributed by atoms with Crippen molar-refractivity contribution in [3.63, 3.8) is 0 Å². The number of aromatic nitrogens is 2. The molecular weight excluding hydrogens is 361 g/mol. The molecule has 1 amide bonds. The third kappa shape index (κ3) is 3.74. The standard InChI is InChI=1S/C21H20FN3O3/c22-16-6-8-17(9-7-16)28-14-15-4-3-10-24(13-15)20(26)18-12-23-19-5-1-2-11-25(19)21(18)27/h1-2,5-9,11-12,15H,3-4,10,13-14H2/t15-/m0/s1. The lowest BCUT2D eigenvalue weighted by molar-refractivity contribution is 0.0631. The number of ether oxygens (including phenoxy) is 1. The molecule has 6 nitrogen and oxygen atoms in total. The van der Waals surface area contributed by atoms with E-state index in [1.807, 2.05) is 0 Å². The smallest absolute Gasteiger partial charge is 0.270 e. The number of pyridine rings is 1. The van der Waals surface area contributed by atoms with Gasteiger partial charge in [-0.2, -0.15) is 0 Å². The maximum absolute atomic E-state index is 13.0. The van der Waals surface area contributed by atoms with Crippen LogP contribution in [-0.2, 0) is 0 Å². The molecule has 3 heterocycles. The Morgan fingerprint density at radius 3 is 2.86 bits per heavy atom. The van der Waals surface area contributed by atoms with E-state index in [4.69, 9.17) is 4.74 Å². The lowest BCUT2D eigenvalue weighted by Gasteiger charge is -2.32. The van der Waals surface area contributed by atoms with Crippen molar-refractivity contribution < 1.29 is 13.9 Å². The van der Waals surface area contributed by atoms with Gasteiger partial charge in [0.2, 0.25) is 0 Å². The average molecular weight is 381 g/mol. The first-order valence-corrected chi connectivity index (χ1v) is 9.26. The second-order valence-corrected chi connectivity index (χ2v) is 6.93. The third-order valence-corrected chi connectivity index (χ3v) is 4.95. The minimum absolute atomic E-state index is 0.0730. The summed E-state index contributed by atoms with van der Waals surface area (Å²) >= 11 is 0. The van der Waals surface area contributed by atoms with Crippen LogP contribution >= 0.6 is 0 Å². The lowest BCUT2D eigenvalue weighted by atomic mass is 9.98. The highest BCUT2D eigenvalue weighted by Gasteiger charge is 2.27. The second kappa shape index (κ2) is 7.80. The summed E-state index contributed by atoms with van der Waals surface area (Å²) in [6.07, 6.45) is 4.74. The van der Waals surface area contributed by atoms with Crippen molar-refractivity contribution >= 4 is 11.6 Å². The number of amides is 1. The summed E-state index contributed by atoms with van der Waals surface area (Å²) in [5.74, 6) is 0.139. The number of hydrogen-bond acceptors (Lipinski definition) is 4. The normalized spacial score (nSPS) is 16.9. The first kappa shape index (κ1) is 18.2. The van der Waals surface area contributed by atoms with Gasteiger partial charge in [-0.1, -0.05) is 6.07 Å². The Hall–Kier alpha value is -3.22. The monoisotopic (exact) mass is 381 g/mol. The van der Waals surface area contributed by atoms with Gasteiger partial charge >= 0.3 is 0 Å². The molecule has 1 fully saturated rings. The van der Waals surface area contributed by atoms with Crippen LogP contribution in [0.4, 0.5) is 4.39 Å². The van der Waals surface area contributed by atoms with Crippen molar-refractivity contribution in [2.45, 2.75) is 12.8 Å². The summed E-state index contributed by atoms with van der Waals surface area (Å²) in [6.45, 7) is 1.55. The molecule has 1 aliphatic heterocycles.